The minimum atomic E-state index is -3.51. The third-order valence-electron chi connectivity index (χ3n) is 6.68. The highest BCUT2D eigenvalue weighted by atomic mass is 32.2. The molecule has 2 aromatic rings. The van der Waals surface area contributed by atoms with E-state index < -0.39 is 10.0 Å². The monoisotopic (exact) mass is 446 g/mol. The molecule has 7 heteroatoms. The van der Waals surface area contributed by atoms with Crippen molar-refractivity contribution in [2.24, 2.45) is 5.92 Å². The number of carbonyl (C=O) groups is 1. The summed E-state index contributed by atoms with van der Waals surface area (Å²) in [6.45, 7) is 7.62. The third-order valence-corrected chi connectivity index (χ3v) is 9.58. The molecule has 0 bridgehead atoms. The Morgan fingerprint density at radius 1 is 1.10 bits per heavy atom. The fraction of sp³-hybridized carbons (Fsp3) is 0.522. The van der Waals surface area contributed by atoms with Crippen molar-refractivity contribution in [2.45, 2.75) is 57.4 Å². The lowest BCUT2D eigenvalue weighted by molar-refractivity contribution is -0.139. The van der Waals surface area contributed by atoms with Crippen LogP contribution in [0, 0.1) is 19.8 Å². The maximum atomic E-state index is 13.3. The average Bonchev–Trinajstić information content (AvgIpc) is 3.23. The van der Waals surface area contributed by atoms with Gasteiger partial charge in [-0.15, -0.1) is 11.3 Å². The smallest absolute Gasteiger partial charge is 0.243 e. The van der Waals surface area contributed by atoms with Gasteiger partial charge in [0.2, 0.25) is 15.9 Å². The molecule has 0 aliphatic carbocycles. The topological polar surface area (TPSA) is 57.7 Å². The van der Waals surface area contributed by atoms with Crippen molar-refractivity contribution >= 4 is 27.3 Å². The Labute approximate surface area is 183 Å². The summed E-state index contributed by atoms with van der Waals surface area (Å²) in [5.41, 5.74) is 3.36. The molecule has 1 atom stereocenters. The van der Waals surface area contributed by atoms with E-state index in [1.165, 1.54) is 10.4 Å². The summed E-state index contributed by atoms with van der Waals surface area (Å²) in [5.74, 6) is 0.104. The highest BCUT2D eigenvalue weighted by Gasteiger charge is 2.37. The molecule has 1 aromatic heterocycles. The first-order valence-electron chi connectivity index (χ1n) is 10.8. The molecule has 1 amide bonds. The first kappa shape index (κ1) is 21.5. The number of rotatable bonds is 4. The van der Waals surface area contributed by atoms with Crippen LogP contribution in [0.4, 0.5) is 0 Å². The summed E-state index contributed by atoms with van der Waals surface area (Å²) in [6, 6.07) is 7.61. The van der Waals surface area contributed by atoms with Gasteiger partial charge in [-0.05, 0) is 79.8 Å². The van der Waals surface area contributed by atoms with Gasteiger partial charge < -0.3 is 4.90 Å². The van der Waals surface area contributed by atoms with Crippen molar-refractivity contribution in [3.63, 3.8) is 0 Å². The quantitative estimate of drug-likeness (QED) is 0.704. The van der Waals surface area contributed by atoms with Gasteiger partial charge in [-0.2, -0.15) is 4.31 Å². The molecule has 0 radical (unpaired) electrons. The first-order chi connectivity index (χ1) is 14.3. The molecule has 2 aliphatic rings. The van der Waals surface area contributed by atoms with E-state index in [0.717, 1.165) is 30.5 Å². The van der Waals surface area contributed by atoms with Crippen LogP contribution in [-0.4, -0.2) is 43.2 Å². The van der Waals surface area contributed by atoms with E-state index in [4.69, 9.17) is 0 Å². The van der Waals surface area contributed by atoms with E-state index in [2.05, 4.69) is 18.4 Å². The molecular formula is C23H30N2O3S2. The molecule has 4 rings (SSSR count). The largest absolute Gasteiger partial charge is 0.335 e. The van der Waals surface area contributed by atoms with Gasteiger partial charge in [0, 0.05) is 30.4 Å². The third kappa shape index (κ3) is 3.83. The lowest BCUT2D eigenvalue weighted by Crippen LogP contribution is -2.47. The van der Waals surface area contributed by atoms with Gasteiger partial charge in [0.05, 0.1) is 10.9 Å². The Kier molecular flexibility index (Phi) is 6.06. The van der Waals surface area contributed by atoms with Crippen LogP contribution in [0.5, 0.6) is 0 Å². The van der Waals surface area contributed by atoms with Gasteiger partial charge in [0.15, 0.2) is 0 Å². The number of thiophene rings is 1. The lowest BCUT2D eigenvalue weighted by Gasteiger charge is -2.39. The zero-order chi connectivity index (χ0) is 21.5. The van der Waals surface area contributed by atoms with Crippen LogP contribution in [0.25, 0.3) is 0 Å². The molecular weight excluding hydrogens is 416 g/mol. The van der Waals surface area contributed by atoms with Gasteiger partial charge in [0.25, 0.3) is 0 Å². The van der Waals surface area contributed by atoms with E-state index in [9.17, 15) is 13.2 Å². The summed E-state index contributed by atoms with van der Waals surface area (Å²) >= 11 is 1.79. The fourth-order valence-electron chi connectivity index (χ4n) is 4.70. The summed E-state index contributed by atoms with van der Waals surface area (Å²) < 4.78 is 27.7. The number of amides is 1. The minimum absolute atomic E-state index is 0.0922. The van der Waals surface area contributed by atoms with Crippen LogP contribution >= 0.6 is 11.3 Å². The molecule has 162 valence electrons. The van der Waals surface area contributed by atoms with Gasteiger partial charge >= 0.3 is 0 Å². The van der Waals surface area contributed by atoms with Crippen LogP contribution in [0.1, 0.15) is 53.8 Å². The average molecular weight is 447 g/mol. The molecule has 3 heterocycles. The normalized spacial score (nSPS) is 20.9. The van der Waals surface area contributed by atoms with E-state index in [-0.39, 0.29) is 17.9 Å². The second-order valence-electron chi connectivity index (χ2n) is 8.43. The number of sulfonamides is 1. The zero-order valence-corrected chi connectivity index (χ0v) is 19.6. The number of benzene rings is 1. The van der Waals surface area contributed by atoms with Gasteiger partial charge in [-0.3, -0.25) is 4.79 Å². The molecule has 2 aliphatic heterocycles. The van der Waals surface area contributed by atoms with Crippen molar-refractivity contribution in [1.82, 2.24) is 9.21 Å². The Hall–Kier alpha value is -1.70. The molecule has 1 saturated heterocycles. The number of hydrogen-bond acceptors (Lipinski definition) is 4. The zero-order valence-electron chi connectivity index (χ0n) is 17.9. The fourth-order valence-corrected chi connectivity index (χ4v) is 7.19. The highest BCUT2D eigenvalue weighted by molar-refractivity contribution is 7.89. The van der Waals surface area contributed by atoms with Crippen LogP contribution in [0.2, 0.25) is 0 Å². The molecule has 0 saturated carbocycles. The van der Waals surface area contributed by atoms with Crippen molar-refractivity contribution in [3.8, 4) is 0 Å². The number of carbonyl (C=O) groups excluding carboxylic acids is 1. The molecule has 0 spiro atoms. The van der Waals surface area contributed by atoms with E-state index in [1.54, 1.807) is 27.8 Å². The van der Waals surface area contributed by atoms with E-state index >= 15 is 0 Å². The minimum Gasteiger partial charge on any atom is -0.335 e. The lowest BCUT2D eigenvalue weighted by atomic mass is 9.92. The Morgan fingerprint density at radius 3 is 2.50 bits per heavy atom. The summed E-state index contributed by atoms with van der Waals surface area (Å²) in [4.78, 5) is 17.1. The van der Waals surface area contributed by atoms with Crippen molar-refractivity contribution in [3.05, 3.63) is 51.2 Å². The maximum absolute atomic E-state index is 13.3. The highest BCUT2D eigenvalue weighted by Crippen LogP contribution is 2.37. The SMILES string of the molecule is CCC1c2ccsc2CCN1C(=O)C1CCN(S(=O)(=O)c2ccc(C)c(C)c2)CC1. The van der Waals surface area contributed by atoms with Crippen LogP contribution in [-0.2, 0) is 21.2 Å². The summed E-state index contributed by atoms with van der Waals surface area (Å²) in [7, 11) is -3.51. The van der Waals surface area contributed by atoms with E-state index in [0.29, 0.717) is 30.8 Å². The molecule has 0 N–H and O–H groups in total. The Balaban J connectivity index is 1.44. The number of hydrogen-bond donors (Lipinski definition) is 0. The van der Waals surface area contributed by atoms with Crippen molar-refractivity contribution < 1.29 is 13.2 Å². The predicted octanol–water partition coefficient (Wildman–Crippen LogP) is 4.30. The predicted molar refractivity (Wildman–Crippen MR) is 120 cm³/mol. The molecule has 1 aromatic carbocycles. The Morgan fingerprint density at radius 2 is 1.83 bits per heavy atom. The molecule has 1 fully saturated rings. The van der Waals surface area contributed by atoms with Crippen LogP contribution in [0.15, 0.2) is 34.5 Å². The number of nitrogens with zero attached hydrogens (tertiary/aromatic N) is 2. The number of aryl methyl sites for hydroxylation is 2. The standard InChI is InChI=1S/C23H30N2O3S2/c1-4-21-20-10-14-29-22(20)9-13-25(21)23(26)18-7-11-24(12-8-18)30(27,28)19-6-5-16(2)17(3)15-19/h5-6,10,14-15,18,21H,4,7-9,11-13H2,1-3H3. The molecule has 30 heavy (non-hydrogen) atoms. The van der Waals surface area contributed by atoms with Crippen molar-refractivity contribution in [2.75, 3.05) is 19.6 Å². The first-order valence-corrected chi connectivity index (χ1v) is 13.1. The van der Waals surface area contributed by atoms with Crippen LogP contribution in [0.3, 0.4) is 0 Å². The van der Waals surface area contributed by atoms with E-state index in [1.807, 2.05) is 24.8 Å². The van der Waals surface area contributed by atoms with Gasteiger partial charge in [0.1, 0.15) is 0 Å². The molecule has 5 nitrogen and oxygen atoms in total. The van der Waals surface area contributed by atoms with Crippen LogP contribution < -0.4 is 0 Å². The summed E-state index contributed by atoms with van der Waals surface area (Å²) in [5, 5.41) is 2.12. The molecule has 1 unspecified atom stereocenters. The second-order valence-corrected chi connectivity index (χ2v) is 11.4. The number of fused-ring (bicyclic) bond motifs is 1. The number of piperidine rings is 1. The summed E-state index contributed by atoms with van der Waals surface area (Å²) in [6.07, 6.45) is 3.02. The van der Waals surface area contributed by atoms with Crippen molar-refractivity contribution in [1.29, 1.82) is 0 Å². The Bertz CT molecular complexity index is 1040. The second kappa shape index (κ2) is 8.44. The van der Waals surface area contributed by atoms with Gasteiger partial charge in [-0.25, -0.2) is 8.42 Å². The maximum Gasteiger partial charge on any atom is 0.243 e. The van der Waals surface area contributed by atoms with Gasteiger partial charge in [-0.1, -0.05) is 13.0 Å².